The second-order valence-corrected chi connectivity index (χ2v) is 5.96. The highest BCUT2D eigenvalue weighted by atomic mass is 35.5. The largest absolute Gasteiger partial charge is 0.313 e. The maximum Gasteiger partial charge on any atom is 0.244 e. The van der Waals surface area contributed by atoms with Crippen LogP contribution in [0.4, 0.5) is 5.69 Å². The summed E-state index contributed by atoms with van der Waals surface area (Å²) in [5, 5.41) is -0.247. The van der Waals surface area contributed by atoms with Crippen molar-refractivity contribution in [1.29, 1.82) is 0 Å². The number of halogens is 2. The van der Waals surface area contributed by atoms with Crippen LogP contribution in [0.15, 0.2) is 48.5 Å². The second-order valence-electron chi connectivity index (χ2n) is 4.87. The van der Waals surface area contributed by atoms with E-state index in [4.69, 9.17) is 23.2 Å². The van der Waals surface area contributed by atoms with Crippen molar-refractivity contribution >= 4 is 40.6 Å². The molecule has 2 aromatic carbocycles. The number of amides is 1. The summed E-state index contributed by atoms with van der Waals surface area (Å²) in [6.45, 7) is 1.59. The number of anilines is 1. The lowest BCUT2D eigenvalue weighted by Crippen LogP contribution is -2.33. The molecule has 1 atom stereocenters. The first-order chi connectivity index (χ1) is 10.4. The van der Waals surface area contributed by atoms with Gasteiger partial charge in [-0.3, -0.25) is 9.59 Å². The molecule has 0 fully saturated rings. The van der Waals surface area contributed by atoms with Crippen molar-refractivity contribution in [3.63, 3.8) is 0 Å². The molecule has 1 amide bonds. The predicted molar refractivity (Wildman–Crippen MR) is 90.1 cm³/mol. The van der Waals surface area contributed by atoms with Crippen molar-refractivity contribution in [2.45, 2.75) is 12.3 Å². The zero-order valence-electron chi connectivity index (χ0n) is 12.2. The summed E-state index contributed by atoms with van der Waals surface area (Å²) in [4.78, 5) is 26.2. The SMILES string of the molecule is CC(Cl)C(=O)N(C)c1ccc(Cl)cc1C(=O)c1ccccc1. The van der Waals surface area contributed by atoms with Crippen LogP contribution in [0.3, 0.4) is 0 Å². The van der Waals surface area contributed by atoms with Crippen LogP contribution < -0.4 is 4.90 Å². The molecule has 0 aliphatic carbocycles. The molecule has 1 unspecified atom stereocenters. The summed E-state index contributed by atoms with van der Waals surface area (Å²) in [7, 11) is 1.59. The Balaban J connectivity index is 2.49. The second kappa shape index (κ2) is 6.95. The minimum atomic E-state index is -0.680. The van der Waals surface area contributed by atoms with E-state index in [0.717, 1.165) is 0 Å². The first-order valence-corrected chi connectivity index (χ1v) is 7.54. The van der Waals surface area contributed by atoms with E-state index in [1.54, 1.807) is 56.4 Å². The van der Waals surface area contributed by atoms with Gasteiger partial charge in [0.25, 0.3) is 0 Å². The molecule has 0 aromatic heterocycles. The molecule has 114 valence electrons. The quantitative estimate of drug-likeness (QED) is 0.621. The number of nitrogens with zero attached hydrogens (tertiary/aromatic N) is 1. The lowest BCUT2D eigenvalue weighted by atomic mass is 10.0. The van der Waals surface area contributed by atoms with Crippen LogP contribution in [0.1, 0.15) is 22.8 Å². The van der Waals surface area contributed by atoms with Gasteiger partial charge in [-0.15, -0.1) is 11.6 Å². The summed E-state index contributed by atoms with van der Waals surface area (Å²) in [6.07, 6.45) is 0. The highest BCUT2D eigenvalue weighted by Crippen LogP contribution is 2.27. The molecule has 0 saturated carbocycles. The third-order valence-electron chi connectivity index (χ3n) is 3.27. The zero-order chi connectivity index (χ0) is 16.3. The predicted octanol–water partition coefficient (Wildman–Crippen LogP) is 4.16. The van der Waals surface area contributed by atoms with Gasteiger partial charge < -0.3 is 4.90 Å². The Bertz CT molecular complexity index is 699. The van der Waals surface area contributed by atoms with E-state index in [1.165, 1.54) is 4.90 Å². The first-order valence-electron chi connectivity index (χ1n) is 6.72. The fourth-order valence-electron chi connectivity index (χ4n) is 2.11. The Kier molecular flexibility index (Phi) is 5.22. The monoisotopic (exact) mass is 335 g/mol. The number of carbonyl (C=O) groups excluding carboxylic acids is 2. The average Bonchev–Trinajstić information content (AvgIpc) is 2.53. The van der Waals surface area contributed by atoms with Gasteiger partial charge in [0.15, 0.2) is 5.78 Å². The number of benzene rings is 2. The molecule has 2 aromatic rings. The zero-order valence-corrected chi connectivity index (χ0v) is 13.7. The average molecular weight is 336 g/mol. The molecule has 2 rings (SSSR count). The van der Waals surface area contributed by atoms with E-state index in [0.29, 0.717) is 21.8 Å². The van der Waals surface area contributed by atoms with Gasteiger partial charge in [-0.1, -0.05) is 41.9 Å². The van der Waals surface area contributed by atoms with E-state index >= 15 is 0 Å². The van der Waals surface area contributed by atoms with Gasteiger partial charge in [0.2, 0.25) is 5.91 Å². The number of hydrogen-bond donors (Lipinski definition) is 0. The molecule has 22 heavy (non-hydrogen) atoms. The van der Waals surface area contributed by atoms with Crippen molar-refractivity contribution in [3.8, 4) is 0 Å². The van der Waals surface area contributed by atoms with Gasteiger partial charge in [0.05, 0.1) is 5.69 Å². The van der Waals surface area contributed by atoms with Crippen molar-refractivity contribution in [2.24, 2.45) is 0 Å². The standard InChI is InChI=1S/C17H15Cl2NO2/c1-11(18)17(22)20(2)15-9-8-13(19)10-14(15)16(21)12-6-4-3-5-7-12/h3-11H,1-2H3. The van der Waals surface area contributed by atoms with Crippen LogP contribution in [-0.4, -0.2) is 24.1 Å². The molecule has 0 spiro atoms. The number of carbonyl (C=O) groups is 2. The van der Waals surface area contributed by atoms with Gasteiger partial charge in [-0.05, 0) is 25.1 Å². The third kappa shape index (κ3) is 3.49. The highest BCUT2D eigenvalue weighted by molar-refractivity contribution is 6.33. The molecule has 3 nitrogen and oxygen atoms in total. The Morgan fingerprint density at radius 1 is 1.09 bits per heavy atom. The lowest BCUT2D eigenvalue weighted by molar-refractivity contribution is -0.117. The lowest BCUT2D eigenvalue weighted by Gasteiger charge is -2.21. The van der Waals surface area contributed by atoms with Crippen LogP contribution in [0.2, 0.25) is 5.02 Å². The Labute approximate surface area is 139 Å². The van der Waals surface area contributed by atoms with Gasteiger partial charge in [-0.25, -0.2) is 0 Å². The summed E-state index contributed by atoms with van der Waals surface area (Å²) < 4.78 is 0. The van der Waals surface area contributed by atoms with E-state index < -0.39 is 5.38 Å². The topological polar surface area (TPSA) is 37.4 Å². The molecule has 0 bridgehead atoms. The van der Waals surface area contributed by atoms with Gasteiger partial charge >= 0.3 is 0 Å². The summed E-state index contributed by atoms with van der Waals surface area (Å²) in [5.41, 5.74) is 1.38. The van der Waals surface area contributed by atoms with Crippen LogP contribution in [0, 0.1) is 0 Å². The minimum absolute atomic E-state index is 0.194. The highest BCUT2D eigenvalue weighted by Gasteiger charge is 2.22. The third-order valence-corrected chi connectivity index (χ3v) is 3.69. The molecule has 0 saturated heterocycles. The van der Waals surface area contributed by atoms with Crippen molar-refractivity contribution in [3.05, 3.63) is 64.7 Å². The molecule has 0 N–H and O–H groups in total. The van der Waals surface area contributed by atoms with Gasteiger partial charge in [0, 0.05) is 23.2 Å². The van der Waals surface area contributed by atoms with E-state index in [2.05, 4.69) is 0 Å². The molecule has 5 heteroatoms. The van der Waals surface area contributed by atoms with Crippen LogP contribution in [0.5, 0.6) is 0 Å². The van der Waals surface area contributed by atoms with Crippen molar-refractivity contribution in [1.82, 2.24) is 0 Å². The van der Waals surface area contributed by atoms with Crippen LogP contribution in [0.25, 0.3) is 0 Å². The Morgan fingerprint density at radius 3 is 2.32 bits per heavy atom. The molecule has 0 radical (unpaired) electrons. The van der Waals surface area contributed by atoms with Crippen molar-refractivity contribution in [2.75, 3.05) is 11.9 Å². The Morgan fingerprint density at radius 2 is 1.73 bits per heavy atom. The number of alkyl halides is 1. The molecule has 0 aliphatic heterocycles. The maximum absolute atomic E-state index is 12.7. The summed E-state index contributed by atoms with van der Waals surface area (Å²) in [5.74, 6) is -0.480. The fraction of sp³-hybridized carbons (Fsp3) is 0.176. The van der Waals surface area contributed by atoms with Gasteiger partial charge in [-0.2, -0.15) is 0 Å². The van der Waals surface area contributed by atoms with Crippen LogP contribution in [-0.2, 0) is 4.79 Å². The van der Waals surface area contributed by atoms with E-state index in [9.17, 15) is 9.59 Å². The smallest absolute Gasteiger partial charge is 0.244 e. The molecular weight excluding hydrogens is 321 g/mol. The molecule has 0 aliphatic rings. The first kappa shape index (κ1) is 16.5. The van der Waals surface area contributed by atoms with Crippen molar-refractivity contribution < 1.29 is 9.59 Å². The summed E-state index contributed by atoms with van der Waals surface area (Å²) in [6, 6.07) is 13.7. The minimum Gasteiger partial charge on any atom is -0.313 e. The molecular formula is C17H15Cl2NO2. The Hall–Kier alpha value is -1.84. The maximum atomic E-state index is 12.7. The fourth-order valence-corrected chi connectivity index (χ4v) is 2.43. The summed E-state index contributed by atoms with van der Waals surface area (Å²) >= 11 is 11.9. The van der Waals surface area contributed by atoms with Crippen LogP contribution >= 0.6 is 23.2 Å². The van der Waals surface area contributed by atoms with E-state index in [-0.39, 0.29) is 11.7 Å². The number of rotatable bonds is 4. The normalized spacial score (nSPS) is 11.8. The van der Waals surface area contributed by atoms with E-state index in [1.807, 2.05) is 6.07 Å². The molecule has 0 heterocycles. The number of ketones is 1. The van der Waals surface area contributed by atoms with Gasteiger partial charge in [0.1, 0.15) is 5.38 Å². The number of hydrogen-bond acceptors (Lipinski definition) is 2.